The Kier molecular flexibility index (Phi) is 11.3. The van der Waals surface area contributed by atoms with Gasteiger partial charge in [-0.25, -0.2) is 19.4 Å². The minimum atomic E-state index is -1.08. The van der Waals surface area contributed by atoms with Crippen molar-refractivity contribution in [2.45, 2.75) is 63.9 Å². The van der Waals surface area contributed by atoms with E-state index in [0.29, 0.717) is 24.2 Å². The van der Waals surface area contributed by atoms with E-state index in [1.165, 1.54) is 17.0 Å². The van der Waals surface area contributed by atoms with Crippen molar-refractivity contribution in [1.29, 1.82) is 0 Å². The van der Waals surface area contributed by atoms with E-state index in [9.17, 15) is 19.5 Å². The molecule has 1 N–H and O–H groups in total. The number of aromatic hydroxyl groups is 1. The van der Waals surface area contributed by atoms with E-state index >= 15 is 4.39 Å². The van der Waals surface area contributed by atoms with E-state index < -0.39 is 18.0 Å². The van der Waals surface area contributed by atoms with Crippen LogP contribution in [0.5, 0.6) is 5.75 Å². The Bertz CT molecular complexity index is 1840. The predicted molar refractivity (Wildman–Crippen MR) is 204 cm³/mol. The number of carbonyl (C=O) groups is 3. The van der Waals surface area contributed by atoms with Gasteiger partial charge in [0.2, 0.25) is 17.7 Å². The SMILES string of the molecule is C=CCN1CC(=O)N2C(CN(Cc3cccc(N4CC(N5CCN(CC)[C@@H](C)C5)C4)n3)C(=O)[C@@H]2Cc2ccc(O)cc2F)N1C(=O)CCc1ccccc1. The van der Waals surface area contributed by atoms with Crippen molar-refractivity contribution in [2.24, 2.45) is 0 Å². The summed E-state index contributed by atoms with van der Waals surface area (Å²) in [6.45, 7) is 14.8. The van der Waals surface area contributed by atoms with Crippen molar-refractivity contribution in [1.82, 2.24) is 34.6 Å². The Morgan fingerprint density at radius 2 is 1.81 bits per heavy atom. The predicted octanol–water partition coefficient (Wildman–Crippen LogP) is 3.13. The van der Waals surface area contributed by atoms with Crippen LogP contribution in [0.3, 0.4) is 0 Å². The highest BCUT2D eigenvalue weighted by Gasteiger charge is 2.51. The average Bonchev–Trinajstić information content (AvgIpc) is 3.13. The Labute approximate surface area is 317 Å². The third-order valence-corrected chi connectivity index (χ3v) is 11.4. The monoisotopic (exact) mass is 738 g/mol. The van der Waals surface area contributed by atoms with Crippen LogP contribution >= 0.6 is 0 Å². The van der Waals surface area contributed by atoms with E-state index in [2.05, 4.69) is 35.1 Å². The number of nitrogens with zero attached hydrogens (tertiary/aromatic N) is 8. The van der Waals surface area contributed by atoms with Gasteiger partial charge < -0.3 is 19.8 Å². The molecule has 12 nitrogen and oxygen atoms in total. The maximum atomic E-state index is 15.2. The molecule has 4 aliphatic rings. The van der Waals surface area contributed by atoms with Crippen molar-refractivity contribution in [3.63, 3.8) is 0 Å². The Balaban J connectivity index is 1.13. The molecule has 4 saturated heterocycles. The van der Waals surface area contributed by atoms with Gasteiger partial charge in [0, 0.05) is 70.3 Å². The molecule has 13 heteroatoms. The number of halogens is 1. The highest BCUT2D eigenvalue weighted by molar-refractivity contribution is 5.92. The number of hydrazine groups is 1. The number of rotatable bonds is 12. The van der Waals surface area contributed by atoms with E-state index in [1.54, 1.807) is 21.0 Å². The molecule has 3 atom stereocenters. The third-order valence-electron chi connectivity index (χ3n) is 11.4. The van der Waals surface area contributed by atoms with Gasteiger partial charge in [0.25, 0.3) is 0 Å². The summed E-state index contributed by atoms with van der Waals surface area (Å²) in [4.78, 5) is 58.0. The number of hydrogen-bond acceptors (Lipinski definition) is 9. The first-order chi connectivity index (χ1) is 26.1. The van der Waals surface area contributed by atoms with Gasteiger partial charge in [-0.3, -0.25) is 24.2 Å². The van der Waals surface area contributed by atoms with E-state index in [4.69, 9.17) is 4.98 Å². The normalized spacial score (nSPS) is 23.1. The Hall–Kier alpha value is -4.85. The lowest BCUT2D eigenvalue weighted by Crippen LogP contribution is -2.76. The Morgan fingerprint density at radius 3 is 2.54 bits per heavy atom. The zero-order valence-electron chi connectivity index (χ0n) is 31.3. The molecule has 54 heavy (non-hydrogen) atoms. The summed E-state index contributed by atoms with van der Waals surface area (Å²) >= 11 is 0. The molecular formula is C41H51FN8O4. The van der Waals surface area contributed by atoms with Crippen LogP contribution in [0, 0.1) is 5.82 Å². The minimum absolute atomic E-state index is 0.0590. The molecule has 2 aromatic carbocycles. The third kappa shape index (κ3) is 7.84. The molecule has 286 valence electrons. The molecule has 0 saturated carbocycles. The van der Waals surface area contributed by atoms with Crippen LogP contribution in [-0.2, 0) is 33.8 Å². The number of benzene rings is 2. The number of anilines is 1. The van der Waals surface area contributed by atoms with E-state index in [1.807, 2.05) is 48.5 Å². The Morgan fingerprint density at radius 1 is 1.02 bits per heavy atom. The van der Waals surface area contributed by atoms with Gasteiger partial charge in [0.15, 0.2) is 0 Å². The molecule has 4 fully saturated rings. The van der Waals surface area contributed by atoms with Gasteiger partial charge in [-0.1, -0.05) is 55.5 Å². The van der Waals surface area contributed by atoms with Gasteiger partial charge in [-0.05, 0) is 49.2 Å². The molecule has 4 aliphatic heterocycles. The summed E-state index contributed by atoms with van der Waals surface area (Å²) in [6, 6.07) is 19.3. The largest absolute Gasteiger partial charge is 0.508 e. The minimum Gasteiger partial charge on any atom is -0.508 e. The fraction of sp³-hybridized carbons (Fsp3) is 0.463. The number of amides is 3. The van der Waals surface area contributed by atoms with Crippen LogP contribution in [-0.4, -0.2) is 141 Å². The van der Waals surface area contributed by atoms with Crippen LogP contribution in [0.15, 0.2) is 79.4 Å². The summed E-state index contributed by atoms with van der Waals surface area (Å²) in [5.41, 5.74) is 1.89. The van der Waals surface area contributed by atoms with E-state index in [0.717, 1.165) is 56.7 Å². The number of carbonyl (C=O) groups excluding carboxylic acids is 3. The van der Waals surface area contributed by atoms with Crippen molar-refractivity contribution in [3.05, 3.63) is 102 Å². The number of phenols is 1. The molecule has 5 heterocycles. The van der Waals surface area contributed by atoms with Crippen LogP contribution < -0.4 is 4.90 Å². The topological polar surface area (TPSA) is 107 Å². The molecule has 0 radical (unpaired) electrons. The fourth-order valence-corrected chi connectivity index (χ4v) is 8.45. The highest BCUT2D eigenvalue weighted by Crippen LogP contribution is 2.31. The number of likely N-dealkylation sites (N-methyl/N-ethyl adjacent to an activating group) is 1. The number of piperazine rings is 2. The molecule has 0 aliphatic carbocycles. The molecule has 1 unspecified atom stereocenters. The average molecular weight is 739 g/mol. The molecule has 3 aromatic rings. The molecule has 7 rings (SSSR count). The van der Waals surface area contributed by atoms with Gasteiger partial charge in [-0.2, -0.15) is 0 Å². The summed E-state index contributed by atoms with van der Waals surface area (Å²) in [7, 11) is 0. The van der Waals surface area contributed by atoms with Crippen molar-refractivity contribution in [3.8, 4) is 5.75 Å². The van der Waals surface area contributed by atoms with E-state index in [-0.39, 0.29) is 68.1 Å². The number of aryl methyl sites for hydroxylation is 1. The molecule has 0 bridgehead atoms. The second-order valence-electron chi connectivity index (χ2n) is 14.9. The van der Waals surface area contributed by atoms with Gasteiger partial charge in [0.1, 0.15) is 29.6 Å². The number of pyridine rings is 1. The lowest BCUT2D eigenvalue weighted by Gasteiger charge is -2.55. The number of fused-ring (bicyclic) bond motifs is 1. The van der Waals surface area contributed by atoms with Gasteiger partial charge >= 0.3 is 0 Å². The number of aromatic nitrogens is 1. The zero-order chi connectivity index (χ0) is 37.9. The van der Waals surface area contributed by atoms with Crippen molar-refractivity contribution in [2.75, 3.05) is 63.8 Å². The summed E-state index contributed by atoms with van der Waals surface area (Å²) in [5, 5.41) is 13.2. The smallest absolute Gasteiger partial charge is 0.246 e. The first-order valence-corrected chi connectivity index (χ1v) is 19.1. The summed E-state index contributed by atoms with van der Waals surface area (Å²) in [5.74, 6) is -0.927. The second-order valence-corrected chi connectivity index (χ2v) is 14.9. The van der Waals surface area contributed by atoms with Crippen molar-refractivity contribution >= 4 is 23.5 Å². The molecule has 0 spiro atoms. The zero-order valence-corrected chi connectivity index (χ0v) is 31.3. The fourth-order valence-electron chi connectivity index (χ4n) is 8.45. The molecule has 3 amide bonds. The number of hydrogen-bond donors (Lipinski definition) is 1. The standard InChI is InChI=1S/C41H51FN8O4/c1-4-18-48-28-40(53)49-36(21-31-15-16-34(51)22-35(31)42)41(54)47(27-38(49)50(48)39(52)17-14-30-10-7-6-8-11-30)24-32-12-9-13-37(43-32)46-25-33(26-46)45-20-19-44(5-2)29(3)23-45/h4,6-13,15-16,22,29,33,36,38,51H,1,5,14,17-21,23-28H2,2-3H3/t29-,36-,38?/m0/s1. The number of phenolic OH excluding ortho intramolecular Hbond substituents is 1. The lowest BCUT2D eigenvalue weighted by atomic mass is 9.97. The van der Waals surface area contributed by atoms with Crippen LogP contribution in [0.25, 0.3) is 0 Å². The maximum Gasteiger partial charge on any atom is 0.246 e. The van der Waals surface area contributed by atoms with Gasteiger partial charge in [0.05, 0.1) is 25.3 Å². The summed E-state index contributed by atoms with van der Waals surface area (Å²) < 4.78 is 15.2. The van der Waals surface area contributed by atoms with Crippen LogP contribution in [0.1, 0.15) is 37.1 Å². The van der Waals surface area contributed by atoms with Crippen LogP contribution in [0.4, 0.5) is 10.2 Å². The quantitative estimate of drug-likeness (QED) is 0.281. The first-order valence-electron chi connectivity index (χ1n) is 19.1. The molecule has 1 aromatic heterocycles. The first kappa shape index (κ1) is 37.5. The second kappa shape index (κ2) is 16.3. The van der Waals surface area contributed by atoms with Crippen LogP contribution in [0.2, 0.25) is 0 Å². The van der Waals surface area contributed by atoms with Gasteiger partial charge in [-0.15, -0.1) is 6.58 Å². The lowest BCUT2D eigenvalue weighted by molar-refractivity contribution is -0.205. The van der Waals surface area contributed by atoms with Crippen molar-refractivity contribution < 1.29 is 23.9 Å². The summed E-state index contributed by atoms with van der Waals surface area (Å²) in [6.07, 6.45) is 1.40. The maximum absolute atomic E-state index is 15.2. The highest BCUT2D eigenvalue weighted by atomic mass is 19.1. The molecular weight excluding hydrogens is 688 g/mol.